The predicted molar refractivity (Wildman–Crippen MR) is 214 cm³/mol. The zero-order valence-corrected chi connectivity index (χ0v) is 29.0. The third-order valence-corrected chi connectivity index (χ3v) is 10.5. The molecule has 2 heterocycles. The third-order valence-electron chi connectivity index (χ3n) is 10.5. The molecule has 0 amide bonds. The minimum atomic E-state index is 0.661. The van der Waals surface area contributed by atoms with Gasteiger partial charge in [-0.1, -0.05) is 127 Å². The Bertz CT molecular complexity index is 2750. The van der Waals surface area contributed by atoms with Crippen molar-refractivity contribution in [1.82, 2.24) is 19.5 Å². The van der Waals surface area contributed by atoms with Crippen LogP contribution in [0.1, 0.15) is 22.3 Å². The van der Waals surface area contributed by atoms with Gasteiger partial charge in [-0.15, -0.1) is 0 Å². The smallest absolute Gasteiger partial charge is 0.164 e. The van der Waals surface area contributed by atoms with E-state index in [9.17, 15) is 0 Å². The standard InChI is InChI=1S/C48H34N4/c1-30-26-37(48-50-46(32-14-5-3-6-15-32)49-47(51-48)33-16-7-4-8-17-33)27-31(2)45(30)52-42-23-12-11-21-40(42)41-29-35(24-25-43(41)52)39-22-13-19-36-28-34-18-9-10-20-38(34)44(36)39/h3-27,29H,28H2,1-2H3. The van der Waals surface area contributed by atoms with Crippen LogP contribution in [0.25, 0.3) is 83.9 Å². The third kappa shape index (κ3) is 4.87. The molecular weight excluding hydrogens is 633 g/mol. The molecule has 246 valence electrons. The molecule has 0 saturated heterocycles. The first-order valence-corrected chi connectivity index (χ1v) is 17.8. The fraction of sp³-hybridized carbons (Fsp3) is 0.0625. The number of aromatic nitrogens is 4. The average Bonchev–Trinajstić information content (AvgIpc) is 3.74. The van der Waals surface area contributed by atoms with Crippen molar-refractivity contribution in [3.8, 4) is 62.1 Å². The van der Waals surface area contributed by atoms with Gasteiger partial charge in [-0.05, 0) is 95.1 Å². The van der Waals surface area contributed by atoms with E-state index in [-0.39, 0.29) is 0 Å². The Morgan fingerprint density at radius 2 is 0.981 bits per heavy atom. The van der Waals surface area contributed by atoms with Gasteiger partial charge in [-0.2, -0.15) is 0 Å². The van der Waals surface area contributed by atoms with Gasteiger partial charge in [-0.25, -0.2) is 15.0 Å². The molecule has 4 nitrogen and oxygen atoms in total. The summed E-state index contributed by atoms with van der Waals surface area (Å²) < 4.78 is 2.44. The summed E-state index contributed by atoms with van der Waals surface area (Å²) in [6.45, 7) is 4.39. The molecule has 0 bridgehead atoms. The Labute approximate surface area is 302 Å². The molecule has 1 aliphatic rings. The molecule has 10 rings (SSSR count). The van der Waals surface area contributed by atoms with Crippen LogP contribution in [0, 0.1) is 13.8 Å². The monoisotopic (exact) mass is 666 g/mol. The predicted octanol–water partition coefficient (Wildman–Crippen LogP) is 11.8. The molecule has 4 heteroatoms. The summed E-state index contributed by atoms with van der Waals surface area (Å²) in [6, 6.07) is 56.1. The second kappa shape index (κ2) is 12.0. The lowest BCUT2D eigenvalue weighted by molar-refractivity contribution is 1.07. The van der Waals surface area contributed by atoms with Crippen LogP contribution in [-0.4, -0.2) is 19.5 Å². The number of hydrogen-bond donors (Lipinski definition) is 0. The highest BCUT2D eigenvalue weighted by atomic mass is 15.0. The highest BCUT2D eigenvalue weighted by molar-refractivity contribution is 6.11. The van der Waals surface area contributed by atoms with Crippen molar-refractivity contribution in [3.63, 3.8) is 0 Å². The van der Waals surface area contributed by atoms with E-state index in [0.717, 1.165) is 34.2 Å². The SMILES string of the molecule is Cc1cc(-c2nc(-c3ccccc3)nc(-c3ccccc3)n2)cc(C)c1-n1c2ccccc2c2cc(-c3cccc4c3-c3ccccc3C4)ccc21. The summed E-state index contributed by atoms with van der Waals surface area (Å²) in [7, 11) is 0. The van der Waals surface area contributed by atoms with Crippen molar-refractivity contribution < 1.29 is 0 Å². The van der Waals surface area contributed by atoms with Gasteiger partial charge in [0.2, 0.25) is 0 Å². The number of fused-ring (bicyclic) bond motifs is 6. The number of hydrogen-bond acceptors (Lipinski definition) is 3. The molecular formula is C48H34N4. The van der Waals surface area contributed by atoms with Crippen molar-refractivity contribution in [2.45, 2.75) is 20.3 Å². The largest absolute Gasteiger partial charge is 0.309 e. The zero-order chi connectivity index (χ0) is 34.8. The minimum Gasteiger partial charge on any atom is -0.309 e. The Kier molecular flexibility index (Phi) is 6.97. The maximum Gasteiger partial charge on any atom is 0.164 e. The maximum atomic E-state index is 5.02. The normalized spacial score (nSPS) is 12.0. The van der Waals surface area contributed by atoms with Crippen molar-refractivity contribution >= 4 is 21.8 Å². The van der Waals surface area contributed by atoms with Gasteiger partial charge in [0.15, 0.2) is 17.5 Å². The Morgan fingerprint density at radius 3 is 1.69 bits per heavy atom. The molecule has 0 N–H and O–H groups in total. The van der Waals surface area contributed by atoms with Crippen molar-refractivity contribution in [3.05, 3.63) is 180 Å². The van der Waals surface area contributed by atoms with Gasteiger partial charge in [0.05, 0.1) is 16.7 Å². The summed E-state index contributed by atoms with van der Waals surface area (Å²) in [5.41, 5.74) is 16.8. The summed E-state index contributed by atoms with van der Waals surface area (Å²) in [4.78, 5) is 14.9. The number of aryl methyl sites for hydroxylation is 2. The van der Waals surface area contributed by atoms with Gasteiger partial charge in [0.1, 0.15) is 0 Å². The van der Waals surface area contributed by atoms with Crippen LogP contribution in [0.2, 0.25) is 0 Å². The maximum absolute atomic E-state index is 5.02. The van der Waals surface area contributed by atoms with Gasteiger partial charge in [0, 0.05) is 27.5 Å². The molecule has 9 aromatic rings. The molecule has 0 atom stereocenters. The molecule has 1 aliphatic carbocycles. The number of rotatable bonds is 5. The van der Waals surface area contributed by atoms with Crippen molar-refractivity contribution in [2.75, 3.05) is 0 Å². The molecule has 7 aromatic carbocycles. The van der Waals surface area contributed by atoms with Crippen LogP contribution >= 0.6 is 0 Å². The van der Waals surface area contributed by atoms with Crippen molar-refractivity contribution in [1.29, 1.82) is 0 Å². The topological polar surface area (TPSA) is 43.6 Å². The van der Waals surface area contributed by atoms with E-state index in [4.69, 9.17) is 15.0 Å². The van der Waals surface area contributed by atoms with Crippen LogP contribution in [0.3, 0.4) is 0 Å². The molecule has 2 aromatic heterocycles. The van der Waals surface area contributed by atoms with Crippen molar-refractivity contribution in [2.24, 2.45) is 0 Å². The van der Waals surface area contributed by atoms with E-state index in [1.807, 2.05) is 60.7 Å². The fourth-order valence-electron chi connectivity index (χ4n) is 8.19. The second-order valence-electron chi connectivity index (χ2n) is 13.8. The summed E-state index contributed by atoms with van der Waals surface area (Å²) in [5, 5.41) is 2.49. The lowest BCUT2D eigenvalue weighted by Gasteiger charge is -2.17. The molecule has 0 radical (unpaired) electrons. The van der Waals surface area contributed by atoms with Gasteiger partial charge < -0.3 is 4.57 Å². The Morgan fingerprint density at radius 1 is 0.423 bits per heavy atom. The molecule has 0 spiro atoms. The van der Waals surface area contributed by atoms with Crippen LogP contribution in [0.5, 0.6) is 0 Å². The van der Waals surface area contributed by atoms with Crippen LogP contribution in [0.4, 0.5) is 0 Å². The quantitative estimate of drug-likeness (QED) is 0.184. The first kappa shape index (κ1) is 30.2. The van der Waals surface area contributed by atoms with E-state index < -0.39 is 0 Å². The summed E-state index contributed by atoms with van der Waals surface area (Å²) in [6.07, 6.45) is 0.987. The fourth-order valence-corrected chi connectivity index (χ4v) is 8.19. The zero-order valence-electron chi connectivity index (χ0n) is 29.0. The lowest BCUT2D eigenvalue weighted by atomic mass is 9.93. The first-order valence-electron chi connectivity index (χ1n) is 17.8. The van der Waals surface area contributed by atoms with Gasteiger partial charge >= 0.3 is 0 Å². The van der Waals surface area contributed by atoms with E-state index in [1.165, 1.54) is 60.9 Å². The molecule has 52 heavy (non-hydrogen) atoms. The molecule has 0 saturated carbocycles. The summed E-state index contributed by atoms with van der Waals surface area (Å²) in [5.74, 6) is 1.98. The first-order chi connectivity index (χ1) is 25.6. The lowest BCUT2D eigenvalue weighted by Crippen LogP contribution is -2.03. The molecule has 0 aliphatic heterocycles. The van der Waals surface area contributed by atoms with Crippen LogP contribution in [0.15, 0.2) is 158 Å². The minimum absolute atomic E-state index is 0.661. The van der Waals surface area contributed by atoms with Crippen LogP contribution in [-0.2, 0) is 6.42 Å². The number of nitrogens with zero attached hydrogens (tertiary/aromatic N) is 4. The van der Waals surface area contributed by atoms with Gasteiger partial charge in [0.25, 0.3) is 0 Å². The highest BCUT2D eigenvalue weighted by Crippen LogP contribution is 2.44. The van der Waals surface area contributed by atoms with E-state index in [0.29, 0.717) is 17.5 Å². The Balaban J connectivity index is 1.13. The Hall–Kier alpha value is -6.65. The van der Waals surface area contributed by atoms with E-state index in [1.54, 1.807) is 0 Å². The van der Waals surface area contributed by atoms with Gasteiger partial charge in [-0.3, -0.25) is 0 Å². The molecule has 0 fully saturated rings. The average molecular weight is 667 g/mol. The highest BCUT2D eigenvalue weighted by Gasteiger charge is 2.23. The summed E-state index contributed by atoms with van der Waals surface area (Å²) >= 11 is 0. The second-order valence-corrected chi connectivity index (χ2v) is 13.8. The van der Waals surface area contributed by atoms with E-state index >= 15 is 0 Å². The van der Waals surface area contributed by atoms with Crippen LogP contribution < -0.4 is 0 Å². The van der Waals surface area contributed by atoms with E-state index in [2.05, 4.69) is 115 Å². The molecule has 0 unspecified atom stereocenters. The number of para-hydroxylation sites is 1. The number of benzene rings is 7.